The fourth-order valence-electron chi connectivity index (χ4n) is 5.90. The molecule has 8 nitrogen and oxygen atoms in total. The van der Waals surface area contributed by atoms with Crippen LogP contribution in [0.25, 0.3) is 22.0 Å². The molecule has 1 aromatic carbocycles. The molecule has 8 heteroatoms. The molecule has 0 unspecified atom stereocenters. The van der Waals surface area contributed by atoms with Crippen molar-refractivity contribution in [3.8, 4) is 17.0 Å². The van der Waals surface area contributed by atoms with Crippen LogP contribution in [0.15, 0.2) is 36.5 Å². The van der Waals surface area contributed by atoms with Gasteiger partial charge < -0.3 is 20.6 Å². The van der Waals surface area contributed by atoms with E-state index >= 15 is 0 Å². The average Bonchev–Trinajstić information content (AvgIpc) is 2.81. The Kier molecular flexibility index (Phi) is 5.43. The summed E-state index contributed by atoms with van der Waals surface area (Å²) in [5, 5.41) is 27.6. The molecule has 2 aromatic heterocycles. The monoisotopic (exact) mass is 460 g/mol. The Morgan fingerprint density at radius 1 is 1.12 bits per heavy atom. The van der Waals surface area contributed by atoms with Crippen LogP contribution in [0.2, 0.25) is 0 Å². The van der Waals surface area contributed by atoms with Gasteiger partial charge in [-0.2, -0.15) is 0 Å². The Bertz CT molecular complexity index is 1230. The van der Waals surface area contributed by atoms with Crippen molar-refractivity contribution in [1.29, 1.82) is 0 Å². The number of phenols is 1. The predicted octanol–water partition coefficient (Wildman–Crippen LogP) is 3.65. The molecule has 3 aromatic rings. The van der Waals surface area contributed by atoms with Crippen molar-refractivity contribution in [3.05, 3.63) is 42.2 Å². The number of fused-ring (bicyclic) bond motifs is 3. The fourth-order valence-corrected chi connectivity index (χ4v) is 5.90. The van der Waals surface area contributed by atoms with Crippen LogP contribution in [0.3, 0.4) is 0 Å². The third-order valence-corrected chi connectivity index (χ3v) is 7.56. The molecule has 0 spiro atoms. The van der Waals surface area contributed by atoms with Gasteiger partial charge in [-0.05, 0) is 81.7 Å². The van der Waals surface area contributed by atoms with Crippen molar-refractivity contribution in [1.82, 2.24) is 25.8 Å². The third kappa shape index (κ3) is 4.07. The molecule has 0 saturated carbocycles. The number of hydrogen-bond acceptors (Lipinski definition) is 7. The Morgan fingerprint density at radius 3 is 2.50 bits per heavy atom. The number of anilines is 1. The van der Waals surface area contributed by atoms with Crippen molar-refractivity contribution >= 4 is 22.5 Å². The smallest absolute Gasteiger partial charge is 0.269 e. The van der Waals surface area contributed by atoms with Gasteiger partial charge >= 0.3 is 0 Å². The first-order valence-electron chi connectivity index (χ1n) is 11.9. The van der Waals surface area contributed by atoms with Gasteiger partial charge in [-0.3, -0.25) is 9.78 Å². The standard InChI is InChI=1S/C26H32N6O2/c1-25-8-5-9-26(2,31-25)14-18(13-25)32(4)23-7-6-20(29-30-23)19-10-17-15-28-21(24(34)27-3)11-16(17)12-22(19)33/h6-7,10-12,15,18,31,33H,5,8-9,13-14H2,1-4H3,(H,27,34)/t18-,25-,26+. The van der Waals surface area contributed by atoms with E-state index in [9.17, 15) is 9.90 Å². The number of carbonyl (C=O) groups is 1. The molecular weight excluding hydrogens is 428 g/mol. The summed E-state index contributed by atoms with van der Waals surface area (Å²) >= 11 is 0. The highest BCUT2D eigenvalue weighted by Gasteiger charge is 2.46. The number of benzene rings is 1. The lowest BCUT2D eigenvalue weighted by molar-refractivity contribution is 0.0784. The second-order valence-electron chi connectivity index (χ2n) is 10.4. The molecule has 178 valence electrons. The number of amides is 1. The highest BCUT2D eigenvalue weighted by Crippen LogP contribution is 2.42. The summed E-state index contributed by atoms with van der Waals surface area (Å²) in [4.78, 5) is 18.3. The number of pyridine rings is 1. The summed E-state index contributed by atoms with van der Waals surface area (Å²) in [7, 11) is 3.66. The number of rotatable bonds is 4. The van der Waals surface area contributed by atoms with Gasteiger partial charge in [-0.15, -0.1) is 10.2 Å². The van der Waals surface area contributed by atoms with Gasteiger partial charge in [0.2, 0.25) is 0 Å². The second-order valence-corrected chi connectivity index (χ2v) is 10.4. The van der Waals surface area contributed by atoms with Crippen molar-refractivity contribution in [2.24, 2.45) is 0 Å². The number of carbonyl (C=O) groups excluding carboxylic acids is 1. The van der Waals surface area contributed by atoms with Crippen LogP contribution in [-0.4, -0.2) is 57.4 Å². The third-order valence-electron chi connectivity index (χ3n) is 7.56. The number of aromatic hydroxyl groups is 1. The SMILES string of the molecule is CNC(=O)c1cc2cc(O)c(-c3ccc(N(C)[C@H]4C[C@]5(C)CCC[C@](C)(C4)N5)nn3)cc2cn1. The van der Waals surface area contributed by atoms with E-state index in [2.05, 4.69) is 51.6 Å². The molecule has 4 heterocycles. The van der Waals surface area contributed by atoms with E-state index in [0.29, 0.717) is 23.0 Å². The number of nitrogens with zero attached hydrogens (tertiary/aromatic N) is 4. The lowest BCUT2D eigenvalue weighted by Gasteiger charge is -2.55. The van der Waals surface area contributed by atoms with E-state index in [1.54, 1.807) is 25.4 Å². The first-order valence-corrected chi connectivity index (χ1v) is 11.9. The summed E-state index contributed by atoms with van der Waals surface area (Å²) in [6.45, 7) is 4.68. The van der Waals surface area contributed by atoms with E-state index in [-0.39, 0.29) is 22.7 Å². The minimum atomic E-state index is -0.267. The quantitative estimate of drug-likeness (QED) is 0.546. The Labute approximate surface area is 199 Å². The number of hydrogen-bond donors (Lipinski definition) is 3. The zero-order valence-electron chi connectivity index (χ0n) is 20.2. The van der Waals surface area contributed by atoms with Crippen molar-refractivity contribution in [2.45, 2.75) is 63.1 Å². The first-order chi connectivity index (χ1) is 16.2. The molecule has 2 fully saturated rings. The van der Waals surface area contributed by atoms with Crippen LogP contribution in [-0.2, 0) is 0 Å². The van der Waals surface area contributed by atoms with Gasteiger partial charge in [-0.25, -0.2) is 0 Å². The zero-order chi connectivity index (χ0) is 24.1. The first kappa shape index (κ1) is 22.5. The maximum Gasteiger partial charge on any atom is 0.269 e. The molecular formula is C26H32N6O2. The molecule has 34 heavy (non-hydrogen) atoms. The molecule has 2 bridgehead atoms. The summed E-state index contributed by atoms with van der Waals surface area (Å²) in [6, 6.07) is 9.39. The minimum Gasteiger partial charge on any atom is -0.507 e. The van der Waals surface area contributed by atoms with E-state index in [1.165, 1.54) is 19.3 Å². The lowest BCUT2D eigenvalue weighted by Crippen LogP contribution is -2.66. The van der Waals surface area contributed by atoms with Gasteiger partial charge in [0, 0.05) is 48.4 Å². The summed E-state index contributed by atoms with van der Waals surface area (Å²) in [6.07, 6.45) is 7.49. The molecule has 3 N–H and O–H groups in total. The molecule has 0 radical (unpaired) electrons. The van der Waals surface area contributed by atoms with Gasteiger partial charge in [0.15, 0.2) is 5.82 Å². The average molecular weight is 461 g/mol. The van der Waals surface area contributed by atoms with Gasteiger partial charge in [0.1, 0.15) is 11.4 Å². The Balaban J connectivity index is 1.39. The molecule has 2 aliphatic rings. The predicted molar refractivity (Wildman–Crippen MR) is 133 cm³/mol. The van der Waals surface area contributed by atoms with Crippen LogP contribution >= 0.6 is 0 Å². The normalized spacial score (nSPS) is 26.3. The molecule has 0 aliphatic carbocycles. The van der Waals surface area contributed by atoms with Crippen LogP contribution in [0.5, 0.6) is 5.75 Å². The number of aromatic nitrogens is 3. The Hall–Kier alpha value is -3.26. The van der Waals surface area contributed by atoms with E-state index in [4.69, 9.17) is 0 Å². The maximum absolute atomic E-state index is 11.9. The van der Waals surface area contributed by atoms with Gasteiger partial charge in [-0.1, -0.05) is 0 Å². The number of piperidine rings is 2. The Morgan fingerprint density at radius 2 is 1.85 bits per heavy atom. The summed E-state index contributed by atoms with van der Waals surface area (Å²) < 4.78 is 0. The summed E-state index contributed by atoms with van der Waals surface area (Å²) in [5.41, 5.74) is 1.81. The molecule has 2 aliphatic heterocycles. The minimum absolute atomic E-state index is 0.0870. The topological polar surface area (TPSA) is 103 Å². The second kappa shape index (κ2) is 8.20. The van der Waals surface area contributed by atoms with Gasteiger partial charge in [0.05, 0.1) is 5.69 Å². The number of phenolic OH excluding ortho intramolecular Hbond substituents is 1. The fraction of sp³-hybridized carbons (Fsp3) is 0.462. The van der Waals surface area contributed by atoms with Crippen LogP contribution in [0.1, 0.15) is 56.4 Å². The summed E-state index contributed by atoms with van der Waals surface area (Å²) in [5.74, 6) is 0.651. The van der Waals surface area contributed by atoms with Crippen LogP contribution in [0, 0.1) is 0 Å². The molecule has 3 atom stereocenters. The largest absolute Gasteiger partial charge is 0.507 e. The van der Waals surface area contributed by atoms with Crippen molar-refractivity contribution in [2.75, 3.05) is 19.0 Å². The highest BCUT2D eigenvalue weighted by molar-refractivity contribution is 5.97. The number of nitrogens with one attached hydrogen (secondary N) is 2. The van der Waals surface area contributed by atoms with E-state index in [1.807, 2.05) is 18.2 Å². The van der Waals surface area contributed by atoms with Crippen LogP contribution < -0.4 is 15.5 Å². The van der Waals surface area contributed by atoms with E-state index in [0.717, 1.165) is 29.4 Å². The molecule has 2 saturated heterocycles. The van der Waals surface area contributed by atoms with Gasteiger partial charge in [0.25, 0.3) is 5.91 Å². The zero-order valence-corrected chi connectivity index (χ0v) is 20.2. The molecule has 5 rings (SSSR count). The van der Waals surface area contributed by atoms with E-state index < -0.39 is 0 Å². The van der Waals surface area contributed by atoms with Crippen molar-refractivity contribution in [3.63, 3.8) is 0 Å². The maximum atomic E-state index is 11.9. The van der Waals surface area contributed by atoms with Crippen LogP contribution in [0.4, 0.5) is 5.82 Å². The molecule has 1 amide bonds. The highest BCUT2D eigenvalue weighted by atomic mass is 16.3. The van der Waals surface area contributed by atoms with Crippen molar-refractivity contribution < 1.29 is 9.90 Å². The lowest BCUT2D eigenvalue weighted by atomic mass is 9.69.